The van der Waals surface area contributed by atoms with Gasteiger partial charge in [0, 0.05) is 25.9 Å². The smallest absolute Gasteiger partial charge is 0.416 e. The molecule has 1 saturated heterocycles. The summed E-state index contributed by atoms with van der Waals surface area (Å²) in [6.45, 7) is 4.90. The lowest BCUT2D eigenvalue weighted by Crippen LogP contribution is -2.50. The van der Waals surface area contributed by atoms with Gasteiger partial charge in [-0.2, -0.15) is 13.2 Å². The van der Waals surface area contributed by atoms with E-state index in [4.69, 9.17) is 10.5 Å². The summed E-state index contributed by atoms with van der Waals surface area (Å²) >= 11 is 0. The van der Waals surface area contributed by atoms with Crippen LogP contribution < -0.4 is 10.5 Å². The zero-order valence-corrected chi connectivity index (χ0v) is 13.8. The standard InChI is InChI=1S/C17H23F3N2O2/c1-11(2)15(21)16(23)22-9-7-14(8-10-22)24-13-5-3-12(4-6-13)17(18,19)20/h3-6,11,14-15H,7-10,21H2,1-2H3/t15-/m0/s1. The lowest BCUT2D eigenvalue weighted by molar-refractivity contribution is -0.137. The van der Waals surface area contributed by atoms with Crippen LogP contribution >= 0.6 is 0 Å². The first-order valence-electron chi connectivity index (χ1n) is 8.06. The average Bonchev–Trinajstić information content (AvgIpc) is 2.54. The molecule has 0 aromatic heterocycles. The van der Waals surface area contributed by atoms with E-state index in [0.717, 1.165) is 12.1 Å². The van der Waals surface area contributed by atoms with Crippen LogP contribution in [0.3, 0.4) is 0 Å². The molecule has 0 unspecified atom stereocenters. The second kappa shape index (κ2) is 7.42. The highest BCUT2D eigenvalue weighted by Gasteiger charge is 2.31. The van der Waals surface area contributed by atoms with Crippen LogP contribution in [0.1, 0.15) is 32.3 Å². The Bertz CT molecular complexity index is 550. The van der Waals surface area contributed by atoms with E-state index < -0.39 is 17.8 Å². The monoisotopic (exact) mass is 344 g/mol. The molecule has 1 fully saturated rings. The molecule has 4 nitrogen and oxygen atoms in total. The summed E-state index contributed by atoms with van der Waals surface area (Å²) in [6, 6.07) is 4.17. The predicted octanol–water partition coefficient (Wildman–Crippen LogP) is 3.06. The lowest BCUT2D eigenvalue weighted by Gasteiger charge is -2.34. The van der Waals surface area contributed by atoms with Crippen molar-refractivity contribution >= 4 is 5.91 Å². The first kappa shape index (κ1) is 18.6. The summed E-state index contributed by atoms with van der Waals surface area (Å²) < 4.78 is 43.3. The summed E-state index contributed by atoms with van der Waals surface area (Å²) in [6.07, 6.45) is -3.18. The molecule has 134 valence electrons. The van der Waals surface area contributed by atoms with Gasteiger partial charge in [-0.3, -0.25) is 4.79 Å². The van der Waals surface area contributed by atoms with E-state index in [2.05, 4.69) is 0 Å². The quantitative estimate of drug-likeness (QED) is 0.913. The Morgan fingerprint density at radius 1 is 1.21 bits per heavy atom. The molecule has 1 aliphatic heterocycles. The number of carbonyl (C=O) groups is 1. The molecule has 1 amide bonds. The van der Waals surface area contributed by atoms with Crippen molar-refractivity contribution in [2.75, 3.05) is 13.1 Å². The number of halogens is 3. The number of hydrogen-bond donors (Lipinski definition) is 1. The molecule has 7 heteroatoms. The van der Waals surface area contributed by atoms with E-state index in [1.165, 1.54) is 12.1 Å². The lowest BCUT2D eigenvalue weighted by atomic mass is 10.0. The molecule has 1 atom stereocenters. The van der Waals surface area contributed by atoms with Gasteiger partial charge < -0.3 is 15.4 Å². The maximum atomic E-state index is 12.5. The largest absolute Gasteiger partial charge is 0.490 e. The Hall–Kier alpha value is -1.76. The fraction of sp³-hybridized carbons (Fsp3) is 0.588. The maximum Gasteiger partial charge on any atom is 0.416 e. The van der Waals surface area contributed by atoms with Crippen molar-refractivity contribution in [2.24, 2.45) is 11.7 Å². The molecule has 0 radical (unpaired) electrons. The normalized spacial score (nSPS) is 17.9. The van der Waals surface area contributed by atoms with Gasteiger partial charge in [0.15, 0.2) is 0 Å². The third kappa shape index (κ3) is 4.63. The Morgan fingerprint density at radius 2 is 1.75 bits per heavy atom. The predicted molar refractivity (Wildman–Crippen MR) is 84.5 cm³/mol. The van der Waals surface area contributed by atoms with E-state index in [-0.39, 0.29) is 17.9 Å². The number of carbonyl (C=O) groups excluding carboxylic acids is 1. The molecule has 1 heterocycles. The fourth-order valence-electron chi connectivity index (χ4n) is 2.60. The van der Waals surface area contributed by atoms with Crippen LogP contribution in [0.4, 0.5) is 13.2 Å². The van der Waals surface area contributed by atoms with Gasteiger partial charge in [0.05, 0.1) is 11.6 Å². The van der Waals surface area contributed by atoms with E-state index in [0.29, 0.717) is 31.7 Å². The van der Waals surface area contributed by atoms with Crippen molar-refractivity contribution in [3.8, 4) is 5.75 Å². The van der Waals surface area contributed by atoms with Crippen LogP contribution in [-0.2, 0) is 11.0 Å². The third-order valence-electron chi connectivity index (χ3n) is 4.24. The van der Waals surface area contributed by atoms with Gasteiger partial charge >= 0.3 is 6.18 Å². The minimum Gasteiger partial charge on any atom is -0.490 e. The second-order valence-corrected chi connectivity index (χ2v) is 6.43. The number of alkyl halides is 3. The number of amides is 1. The molecule has 1 aliphatic rings. The van der Waals surface area contributed by atoms with E-state index >= 15 is 0 Å². The minimum atomic E-state index is -4.35. The molecule has 24 heavy (non-hydrogen) atoms. The molecule has 0 aliphatic carbocycles. The van der Waals surface area contributed by atoms with Gasteiger partial charge in [0.25, 0.3) is 0 Å². The maximum absolute atomic E-state index is 12.5. The van der Waals surface area contributed by atoms with Gasteiger partial charge in [-0.25, -0.2) is 0 Å². The van der Waals surface area contributed by atoms with Crippen LogP contribution in [0.2, 0.25) is 0 Å². The summed E-state index contributed by atoms with van der Waals surface area (Å²) in [5.74, 6) is 0.434. The van der Waals surface area contributed by atoms with Gasteiger partial charge in [-0.15, -0.1) is 0 Å². The molecule has 2 N–H and O–H groups in total. The molecule has 0 saturated carbocycles. The molecule has 1 aromatic carbocycles. The topological polar surface area (TPSA) is 55.6 Å². The number of hydrogen-bond acceptors (Lipinski definition) is 3. The first-order valence-corrected chi connectivity index (χ1v) is 8.06. The van der Waals surface area contributed by atoms with Crippen molar-refractivity contribution in [3.05, 3.63) is 29.8 Å². The van der Waals surface area contributed by atoms with Gasteiger partial charge in [-0.1, -0.05) is 13.8 Å². The number of ether oxygens (including phenoxy) is 1. The number of likely N-dealkylation sites (tertiary alicyclic amines) is 1. The highest BCUT2D eigenvalue weighted by atomic mass is 19.4. The Balaban J connectivity index is 1.86. The number of benzene rings is 1. The first-order chi connectivity index (χ1) is 11.2. The summed E-state index contributed by atoms with van der Waals surface area (Å²) in [5, 5.41) is 0. The number of nitrogens with two attached hydrogens (primary N) is 1. The third-order valence-corrected chi connectivity index (χ3v) is 4.24. The fourth-order valence-corrected chi connectivity index (χ4v) is 2.60. The van der Waals surface area contributed by atoms with Crippen molar-refractivity contribution in [3.63, 3.8) is 0 Å². The highest BCUT2D eigenvalue weighted by Crippen LogP contribution is 2.30. The van der Waals surface area contributed by atoms with E-state index in [9.17, 15) is 18.0 Å². The van der Waals surface area contributed by atoms with Gasteiger partial charge in [-0.05, 0) is 30.2 Å². The van der Waals surface area contributed by atoms with E-state index in [1.807, 2.05) is 13.8 Å². The van der Waals surface area contributed by atoms with Crippen LogP contribution in [0.15, 0.2) is 24.3 Å². The number of nitrogens with zero attached hydrogens (tertiary/aromatic N) is 1. The number of piperidine rings is 1. The van der Waals surface area contributed by atoms with Crippen molar-refractivity contribution in [2.45, 2.75) is 45.0 Å². The number of rotatable bonds is 4. The Kier molecular flexibility index (Phi) is 5.74. The van der Waals surface area contributed by atoms with Crippen LogP contribution in [-0.4, -0.2) is 36.0 Å². The van der Waals surface area contributed by atoms with Crippen molar-refractivity contribution in [1.82, 2.24) is 4.90 Å². The molecule has 0 spiro atoms. The van der Waals surface area contributed by atoms with Crippen molar-refractivity contribution in [1.29, 1.82) is 0 Å². The molecule has 0 bridgehead atoms. The second-order valence-electron chi connectivity index (χ2n) is 6.43. The average molecular weight is 344 g/mol. The Morgan fingerprint density at radius 3 is 2.21 bits per heavy atom. The van der Waals surface area contributed by atoms with Gasteiger partial charge in [0.2, 0.25) is 5.91 Å². The summed E-state index contributed by atoms with van der Waals surface area (Å²) in [5.41, 5.74) is 5.19. The van der Waals surface area contributed by atoms with E-state index in [1.54, 1.807) is 4.90 Å². The SMILES string of the molecule is CC(C)[C@H](N)C(=O)N1CCC(Oc2ccc(C(F)(F)F)cc2)CC1. The van der Waals surface area contributed by atoms with Gasteiger partial charge in [0.1, 0.15) is 11.9 Å². The van der Waals surface area contributed by atoms with Crippen LogP contribution in [0.5, 0.6) is 5.75 Å². The van der Waals surface area contributed by atoms with Crippen LogP contribution in [0.25, 0.3) is 0 Å². The minimum absolute atomic E-state index is 0.0574. The zero-order chi connectivity index (χ0) is 17.9. The molecular weight excluding hydrogens is 321 g/mol. The molecule has 1 aromatic rings. The molecule has 2 rings (SSSR count). The summed E-state index contributed by atoms with van der Waals surface area (Å²) in [4.78, 5) is 13.9. The van der Waals surface area contributed by atoms with Crippen LogP contribution in [0, 0.1) is 5.92 Å². The van der Waals surface area contributed by atoms with Crippen molar-refractivity contribution < 1.29 is 22.7 Å². The zero-order valence-electron chi connectivity index (χ0n) is 13.8. The Labute approximate surface area is 139 Å². The molecular formula is C17H23F3N2O2. The summed E-state index contributed by atoms with van der Waals surface area (Å²) in [7, 11) is 0. The highest BCUT2D eigenvalue weighted by molar-refractivity contribution is 5.82.